The Balaban J connectivity index is 1.10. The van der Waals surface area contributed by atoms with E-state index in [0.29, 0.717) is 36.0 Å². The first-order valence-corrected chi connectivity index (χ1v) is 19.9. The first-order valence-electron chi connectivity index (χ1n) is 19.9. The molecule has 5 rings (SSSR count). The van der Waals surface area contributed by atoms with E-state index in [1.807, 2.05) is 18.2 Å². The highest BCUT2D eigenvalue weighted by atomic mass is 16.5. The van der Waals surface area contributed by atoms with Gasteiger partial charge in [-0.3, -0.25) is 4.79 Å². The predicted molar refractivity (Wildman–Crippen MR) is 190 cm³/mol. The maximum atomic E-state index is 13.2. The second-order valence-corrected chi connectivity index (χ2v) is 17.1. The number of unbranched alkanes of at least 4 members (excludes halogenated alkanes) is 9. The minimum absolute atomic E-state index is 0.0861. The van der Waals surface area contributed by atoms with E-state index in [-0.39, 0.29) is 34.9 Å². The smallest absolute Gasteiger partial charge is 0.311 e. The fraction of sp³-hybridized carbons (Fsp3) is 0.833. The number of carbonyl (C=O) groups excluding carboxylic acids is 1. The number of aliphatic hydroxyl groups excluding tert-OH is 3. The van der Waals surface area contributed by atoms with Gasteiger partial charge in [0.2, 0.25) is 0 Å². The van der Waals surface area contributed by atoms with Crippen molar-refractivity contribution in [2.75, 3.05) is 0 Å². The molecule has 0 spiro atoms. The third kappa shape index (κ3) is 8.15. The Morgan fingerprint density at radius 2 is 1.55 bits per heavy atom. The summed E-state index contributed by atoms with van der Waals surface area (Å²) in [5.74, 6) is 2.34. The summed E-state index contributed by atoms with van der Waals surface area (Å²) in [6, 6.07) is 8.05. The van der Waals surface area contributed by atoms with Crippen molar-refractivity contribution in [3.05, 3.63) is 29.8 Å². The Bertz CT molecular complexity index is 1140. The number of benzene rings is 1. The van der Waals surface area contributed by atoms with Gasteiger partial charge in [-0.05, 0) is 122 Å². The number of esters is 1. The zero-order valence-corrected chi connectivity index (χ0v) is 30.3. The quantitative estimate of drug-likeness (QED) is 0.0941. The molecule has 4 saturated carbocycles. The molecule has 0 saturated heterocycles. The summed E-state index contributed by atoms with van der Waals surface area (Å²) in [6.07, 6.45) is 20.4. The third-order valence-corrected chi connectivity index (χ3v) is 14.3. The number of aryl methyl sites for hydroxylation is 1. The molecule has 0 radical (unpaired) electrons. The van der Waals surface area contributed by atoms with Crippen molar-refractivity contribution < 1.29 is 24.9 Å². The molecule has 1 aromatic carbocycles. The van der Waals surface area contributed by atoms with Gasteiger partial charge in [0.1, 0.15) is 5.75 Å². The number of fused-ring (bicyclic) bond motifs is 5. The topological polar surface area (TPSA) is 87.0 Å². The van der Waals surface area contributed by atoms with Crippen LogP contribution in [0.3, 0.4) is 0 Å². The van der Waals surface area contributed by atoms with Crippen molar-refractivity contribution in [2.24, 2.45) is 46.3 Å². The van der Waals surface area contributed by atoms with Crippen molar-refractivity contribution in [1.82, 2.24) is 0 Å². The van der Waals surface area contributed by atoms with Crippen LogP contribution in [-0.2, 0) is 11.2 Å². The summed E-state index contributed by atoms with van der Waals surface area (Å²) in [4.78, 5) is 13.2. The van der Waals surface area contributed by atoms with E-state index < -0.39 is 6.10 Å². The van der Waals surface area contributed by atoms with Gasteiger partial charge in [0.15, 0.2) is 0 Å². The molecule has 11 atom stereocenters. The van der Waals surface area contributed by atoms with Gasteiger partial charge < -0.3 is 20.1 Å². The third-order valence-electron chi connectivity index (χ3n) is 14.3. The van der Waals surface area contributed by atoms with Gasteiger partial charge in [-0.25, -0.2) is 0 Å². The van der Waals surface area contributed by atoms with E-state index in [1.54, 1.807) is 0 Å². The summed E-state index contributed by atoms with van der Waals surface area (Å²) in [7, 11) is 0. The molecule has 4 aliphatic carbocycles. The largest absolute Gasteiger partial charge is 0.426 e. The van der Waals surface area contributed by atoms with Crippen LogP contribution in [0.15, 0.2) is 24.3 Å². The fourth-order valence-corrected chi connectivity index (χ4v) is 11.5. The van der Waals surface area contributed by atoms with Crippen LogP contribution in [0.4, 0.5) is 0 Å². The number of rotatable bonds is 16. The van der Waals surface area contributed by atoms with Crippen molar-refractivity contribution >= 4 is 5.97 Å². The molecule has 4 fully saturated rings. The molecule has 11 unspecified atom stereocenters. The highest BCUT2D eigenvalue weighted by molar-refractivity contribution is 5.72. The van der Waals surface area contributed by atoms with Gasteiger partial charge in [0.25, 0.3) is 0 Å². The minimum atomic E-state index is -0.400. The summed E-state index contributed by atoms with van der Waals surface area (Å²) in [6.45, 7) is 9.21. The van der Waals surface area contributed by atoms with Gasteiger partial charge >= 0.3 is 5.97 Å². The summed E-state index contributed by atoms with van der Waals surface area (Å²) in [5, 5.41) is 33.9. The lowest BCUT2D eigenvalue weighted by molar-refractivity contribution is -0.207. The molecule has 47 heavy (non-hydrogen) atoms. The van der Waals surface area contributed by atoms with Gasteiger partial charge in [-0.2, -0.15) is 0 Å². The second kappa shape index (κ2) is 16.5. The molecule has 5 nitrogen and oxygen atoms in total. The number of para-hydroxylation sites is 1. The summed E-state index contributed by atoms with van der Waals surface area (Å²) >= 11 is 0. The number of aliphatic hydroxyl groups is 3. The average molecular weight is 653 g/mol. The van der Waals surface area contributed by atoms with Crippen LogP contribution in [0.2, 0.25) is 0 Å². The molecule has 0 bridgehead atoms. The van der Waals surface area contributed by atoms with Crippen LogP contribution >= 0.6 is 0 Å². The van der Waals surface area contributed by atoms with Crippen molar-refractivity contribution in [2.45, 2.75) is 174 Å². The highest BCUT2D eigenvalue weighted by Gasteiger charge is 2.65. The molecule has 266 valence electrons. The predicted octanol–water partition coefficient (Wildman–Crippen LogP) is 9.43. The molecular weight excluding hydrogens is 584 g/mol. The molecule has 0 heterocycles. The van der Waals surface area contributed by atoms with E-state index in [4.69, 9.17) is 4.74 Å². The standard InChI is InChI=1S/C42H68O5/c1-5-6-7-8-9-10-11-12-13-14-17-30-18-15-16-19-37(30)47-39(46)23-20-29(2)33-21-22-34-40-35(28-38(45)42(33,34)4)41(3)25-24-32(43)26-31(41)27-36(40)44/h15-16,18-19,29,31-36,38,40,43-45H,5-14,17,20-28H2,1-4H3. The van der Waals surface area contributed by atoms with Crippen LogP contribution in [0.1, 0.15) is 155 Å². The SMILES string of the molecule is CCCCCCCCCCCCc1ccccc1OC(=O)CCC(C)C1CCC2C3C(O)CC4CC(O)CCC4(C)C3CC(O)C12C. The van der Waals surface area contributed by atoms with Gasteiger partial charge in [-0.15, -0.1) is 0 Å². The van der Waals surface area contributed by atoms with E-state index in [1.165, 1.54) is 57.8 Å². The monoisotopic (exact) mass is 653 g/mol. The number of hydrogen-bond acceptors (Lipinski definition) is 5. The lowest BCUT2D eigenvalue weighted by Gasteiger charge is -2.63. The molecule has 0 aromatic heterocycles. The van der Waals surface area contributed by atoms with Crippen LogP contribution in [-0.4, -0.2) is 39.6 Å². The van der Waals surface area contributed by atoms with Crippen LogP contribution in [0.25, 0.3) is 0 Å². The van der Waals surface area contributed by atoms with Gasteiger partial charge in [0, 0.05) is 6.42 Å². The molecule has 4 aliphatic rings. The zero-order chi connectivity index (χ0) is 33.6. The first kappa shape index (κ1) is 36.8. The van der Waals surface area contributed by atoms with Crippen molar-refractivity contribution in [3.8, 4) is 5.75 Å². The second-order valence-electron chi connectivity index (χ2n) is 17.1. The molecular formula is C42H68O5. The van der Waals surface area contributed by atoms with Crippen LogP contribution in [0, 0.1) is 46.3 Å². The molecule has 1 aromatic rings. The van der Waals surface area contributed by atoms with E-state index in [2.05, 4.69) is 33.8 Å². The van der Waals surface area contributed by atoms with Crippen LogP contribution in [0.5, 0.6) is 5.75 Å². The molecule has 5 heteroatoms. The Labute approximate surface area is 286 Å². The zero-order valence-electron chi connectivity index (χ0n) is 30.3. The molecule has 0 amide bonds. The number of carbonyl (C=O) groups is 1. The fourth-order valence-electron chi connectivity index (χ4n) is 11.5. The van der Waals surface area contributed by atoms with Gasteiger partial charge in [-0.1, -0.05) is 104 Å². The normalized spacial score (nSPS) is 37.1. The molecule has 3 N–H and O–H groups in total. The maximum Gasteiger partial charge on any atom is 0.311 e. The Morgan fingerprint density at radius 1 is 0.872 bits per heavy atom. The molecule has 0 aliphatic heterocycles. The van der Waals surface area contributed by atoms with E-state index in [0.717, 1.165) is 75.5 Å². The summed E-state index contributed by atoms with van der Waals surface area (Å²) in [5.41, 5.74) is 0.974. The number of hydrogen-bond donors (Lipinski definition) is 3. The number of ether oxygens (including phenoxy) is 1. The van der Waals surface area contributed by atoms with Crippen molar-refractivity contribution in [3.63, 3.8) is 0 Å². The van der Waals surface area contributed by atoms with Crippen LogP contribution < -0.4 is 4.74 Å². The van der Waals surface area contributed by atoms with Crippen molar-refractivity contribution in [1.29, 1.82) is 0 Å². The Morgan fingerprint density at radius 3 is 2.28 bits per heavy atom. The lowest BCUT2D eigenvalue weighted by atomic mass is 9.43. The maximum absolute atomic E-state index is 13.2. The first-order chi connectivity index (χ1) is 22.6. The Hall–Kier alpha value is -1.43. The highest BCUT2D eigenvalue weighted by Crippen LogP contribution is 2.68. The Kier molecular flexibility index (Phi) is 12.9. The van der Waals surface area contributed by atoms with Gasteiger partial charge in [0.05, 0.1) is 18.3 Å². The summed E-state index contributed by atoms with van der Waals surface area (Å²) < 4.78 is 5.97. The van der Waals surface area contributed by atoms with E-state index >= 15 is 0 Å². The lowest BCUT2D eigenvalue weighted by Crippen LogP contribution is -2.62. The average Bonchev–Trinajstić information content (AvgIpc) is 3.41. The van der Waals surface area contributed by atoms with E-state index in [9.17, 15) is 20.1 Å². The minimum Gasteiger partial charge on any atom is -0.426 e.